The van der Waals surface area contributed by atoms with Gasteiger partial charge in [0, 0.05) is 25.8 Å². The minimum Gasteiger partial charge on any atom is -0.383 e. The maximum absolute atomic E-state index is 13.1. The van der Waals surface area contributed by atoms with E-state index in [2.05, 4.69) is 4.98 Å². The van der Waals surface area contributed by atoms with E-state index in [1.54, 1.807) is 0 Å². The molecule has 8 nitrogen and oxygen atoms in total. The molecule has 1 aromatic heterocycles. The molecule has 0 radical (unpaired) electrons. The van der Waals surface area contributed by atoms with Gasteiger partial charge in [-0.2, -0.15) is 0 Å². The summed E-state index contributed by atoms with van der Waals surface area (Å²) in [6.07, 6.45) is 2.24. The summed E-state index contributed by atoms with van der Waals surface area (Å²) < 4.78 is 1.31. The van der Waals surface area contributed by atoms with E-state index in [-0.39, 0.29) is 24.0 Å². The minimum atomic E-state index is -0.637. The zero-order chi connectivity index (χ0) is 20.7. The van der Waals surface area contributed by atoms with Gasteiger partial charge >= 0.3 is 5.69 Å². The highest BCUT2D eigenvalue weighted by Crippen LogP contribution is 2.19. The van der Waals surface area contributed by atoms with Crippen molar-refractivity contribution in [3.63, 3.8) is 0 Å². The van der Waals surface area contributed by atoms with Crippen molar-refractivity contribution >= 4 is 23.1 Å². The average Bonchev–Trinajstić information content (AvgIpc) is 2.68. The van der Waals surface area contributed by atoms with E-state index < -0.39 is 11.2 Å². The second-order valence-electron chi connectivity index (χ2n) is 6.74. The predicted octanol–water partition coefficient (Wildman–Crippen LogP) is 1.80. The number of hydrogen-bond donors (Lipinski definition) is 2. The van der Waals surface area contributed by atoms with Gasteiger partial charge in [-0.1, -0.05) is 38.5 Å². The molecule has 1 heterocycles. The van der Waals surface area contributed by atoms with Gasteiger partial charge in [-0.3, -0.25) is 19.1 Å². The number of nitrogens with zero attached hydrogens (tertiary/aromatic N) is 3. The number of amides is 1. The maximum Gasteiger partial charge on any atom is 0.330 e. The summed E-state index contributed by atoms with van der Waals surface area (Å²) in [5, 5.41) is 0. The smallest absolute Gasteiger partial charge is 0.330 e. The van der Waals surface area contributed by atoms with E-state index in [4.69, 9.17) is 5.73 Å². The average molecular weight is 387 g/mol. The second kappa shape index (κ2) is 9.77. The Balaban J connectivity index is 2.40. The molecule has 2 rings (SSSR count). The molecule has 0 aliphatic heterocycles. The third kappa shape index (κ3) is 4.82. The van der Waals surface area contributed by atoms with Gasteiger partial charge in [0.15, 0.2) is 5.69 Å². The Labute approximate surface area is 164 Å². The standard InChI is InChI=1S/C20H29N5O3/c1-4-6-13-24(16(26)14-23(3)15-10-8-7-9-11-15)17-18(21)25(12-5-2)20(28)22-19(17)27/h7-11H,4-6,12-14,21H2,1-3H3,(H,22,27,28). The number of carbonyl (C=O) groups excluding carboxylic acids is 1. The molecule has 28 heavy (non-hydrogen) atoms. The van der Waals surface area contributed by atoms with Crippen molar-refractivity contribution in [3.05, 3.63) is 51.2 Å². The second-order valence-corrected chi connectivity index (χ2v) is 6.74. The first-order valence-electron chi connectivity index (χ1n) is 9.59. The number of carbonyl (C=O) groups is 1. The maximum atomic E-state index is 13.1. The molecule has 0 bridgehead atoms. The van der Waals surface area contributed by atoms with Crippen molar-refractivity contribution in [2.45, 2.75) is 39.7 Å². The van der Waals surface area contributed by atoms with Crippen LogP contribution in [0.15, 0.2) is 39.9 Å². The minimum absolute atomic E-state index is 0.0300. The first-order chi connectivity index (χ1) is 13.4. The molecule has 0 unspecified atom stereocenters. The molecule has 0 aliphatic rings. The highest BCUT2D eigenvalue weighted by Gasteiger charge is 2.24. The molecule has 0 atom stereocenters. The third-order valence-electron chi connectivity index (χ3n) is 4.54. The number of nitrogens with one attached hydrogen (secondary N) is 1. The monoisotopic (exact) mass is 387 g/mol. The van der Waals surface area contributed by atoms with Gasteiger partial charge in [0.1, 0.15) is 5.82 Å². The fourth-order valence-corrected chi connectivity index (χ4v) is 3.02. The Morgan fingerprint density at radius 3 is 2.43 bits per heavy atom. The van der Waals surface area contributed by atoms with Gasteiger partial charge in [-0.15, -0.1) is 0 Å². The fraction of sp³-hybridized carbons (Fsp3) is 0.450. The van der Waals surface area contributed by atoms with Crippen molar-refractivity contribution in [2.24, 2.45) is 0 Å². The first kappa shape index (κ1) is 21.3. The lowest BCUT2D eigenvalue weighted by Gasteiger charge is -2.27. The van der Waals surface area contributed by atoms with Crippen LogP contribution < -0.4 is 26.8 Å². The van der Waals surface area contributed by atoms with E-state index in [1.807, 2.05) is 56.1 Å². The van der Waals surface area contributed by atoms with Crippen LogP contribution in [0.5, 0.6) is 0 Å². The Morgan fingerprint density at radius 2 is 1.82 bits per heavy atom. The number of hydrogen-bond acceptors (Lipinski definition) is 5. The molecule has 0 saturated heterocycles. The van der Waals surface area contributed by atoms with Gasteiger partial charge in [0.05, 0.1) is 6.54 Å². The Hall–Kier alpha value is -3.03. The van der Waals surface area contributed by atoms with Crippen LogP contribution in [0.25, 0.3) is 0 Å². The van der Waals surface area contributed by atoms with E-state index in [0.29, 0.717) is 25.9 Å². The van der Waals surface area contributed by atoms with Crippen molar-refractivity contribution in [1.82, 2.24) is 9.55 Å². The quantitative estimate of drug-likeness (QED) is 0.683. The molecule has 0 fully saturated rings. The van der Waals surface area contributed by atoms with Gasteiger partial charge < -0.3 is 15.5 Å². The number of aromatic nitrogens is 2. The molecule has 1 amide bonds. The Kier molecular flexibility index (Phi) is 7.43. The Bertz CT molecular complexity index is 904. The van der Waals surface area contributed by atoms with Gasteiger partial charge in [-0.25, -0.2) is 4.79 Å². The van der Waals surface area contributed by atoms with E-state index in [0.717, 1.165) is 12.1 Å². The summed E-state index contributed by atoms with van der Waals surface area (Å²) in [4.78, 5) is 43.2. The van der Waals surface area contributed by atoms with E-state index in [9.17, 15) is 14.4 Å². The molecule has 152 valence electrons. The lowest BCUT2D eigenvalue weighted by molar-refractivity contribution is -0.117. The molecule has 0 spiro atoms. The number of unbranched alkanes of at least 4 members (excludes halogenated alkanes) is 1. The van der Waals surface area contributed by atoms with Crippen LogP contribution in [0.4, 0.5) is 17.2 Å². The molecule has 8 heteroatoms. The molecular formula is C20H29N5O3. The molecule has 0 saturated carbocycles. The number of benzene rings is 1. The van der Waals surface area contributed by atoms with Crippen molar-refractivity contribution in [3.8, 4) is 0 Å². The van der Waals surface area contributed by atoms with Gasteiger partial charge in [-0.05, 0) is 25.0 Å². The van der Waals surface area contributed by atoms with Crippen LogP contribution >= 0.6 is 0 Å². The normalized spacial score (nSPS) is 10.7. The highest BCUT2D eigenvalue weighted by atomic mass is 16.2. The molecule has 1 aromatic carbocycles. The summed E-state index contributed by atoms with van der Waals surface area (Å²) in [5.41, 5.74) is 5.91. The summed E-state index contributed by atoms with van der Waals surface area (Å²) in [6.45, 7) is 4.72. The van der Waals surface area contributed by atoms with Gasteiger partial charge in [0.25, 0.3) is 5.56 Å². The number of anilines is 3. The van der Waals surface area contributed by atoms with Crippen LogP contribution in [0.1, 0.15) is 33.1 Å². The lowest BCUT2D eigenvalue weighted by atomic mass is 10.2. The van der Waals surface area contributed by atoms with Gasteiger partial charge in [0.2, 0.25) is 5.91 Å². The first-order valence-corrected chi connectivity index (χ1v) is 9.59. The van der Waals surface area contributed by atoms with E-state index in [1.165, 1.54) is 9.47 Å². The third-order valence-corrected chi connectivity index (χ3v) is 4.54. The fourth-order valence-electron chi connectivity index (χ4n) is 3.02. The van der Waals surface area contributed by atoms with Crippen molar-refractivity contribution in [1.29, 1.82) is 0 Å². The molecule has 3 N–H and O–H groups in total. The number of rotatable bonds is 9. The number of aromatic amines is 1. The lowest BCUT2D eigenvalue weighted by Crippen LogP contribution is -2.45. The topological polar surface area (TPSA) is 104 Å². The number of para-hydroxylation sites is 1. The highest BCUT2D eigenvalue weighted by molar-refractivity contribution is 5.98. The van der Waals surface area contributed by atoms with Crippen LogP contribution in [0.2, 0.25) is 0 Å². The molecule has 0 aliphatic carbocycles. The van der Waals surface area contributed by atoms with Crippen molar-refractivity contribution < 1.29 is 4.79 Å². The largest absolute Gasteiger partial charge is 0.383 e. The number of nitrogens with two attached hydrogens (primary N) is 1. The summed E-state index contributed by atoms with van der Waals surface area (Å²) in [5.74, 6) is -0.221. The molecule has 2 aromatic rings. The molecular weight excluding hydrogens is 358 g/mol. The number of H-pyrrole nitrogens is 1. The van der Waals surface area contributed by atoms with Crippen LogP contribution in [-0.4, -0.2) is 35.6 Å². The summed E-state index contributed by atoms with van der Waals surface area (Å²) in [7, 11) is 1.82. The van der Waals surface area contributed by atoms with Crippen molar-refractivity contribution in [2.75, 3.05) is 35.7 Å². The van der Waals surface area contributed by atoms with E-state index >= 15 is 0 Å². The Morgan fingerprint density at radius 1 is 1.14 bits per heavy atom. The number of nitrogen functional groups attached to an aromatic ring is 1. The summed E-state index contributed by atoms with van der Waals surface area (Å²) >= 11 is 0. The zero-order valence-electron chi connectivity index (χ0n) is 16.8. The summed E-state index contributed by atoms with van der Waals surface area (Å²) in [6, 6.07) is 9.52. The zero-order valence-corrected chi connectivity index (χ0v) is 16.8. The van der Waals surface area contributed by atoms with Crippen LogP contribution in [0.3, 0.4) is 0 Å². The van der Waals surface area contributed by atoms with Crippen LogP contribution in [-0.2, 0) is 11.3 Å². The van der Waals surface area contributed by atoms with Crippen LogP contribution in [0, 0.1) is 0 Å². The SMILES string of the molecule is CCCCN(C(=O)CN(C)c1ccccc1)c1c(N)n(CCC)c(=O)[nH]c1=O. The number of likely N-dealkylation sites (N-methyl/N-ethyl adjacent to an activating group) is 1. The predicted molar refractivity (Wildman–Crippen MR) is 113 cm³/mol.